The Morgan fingerprint density at radius 2 is 2.00 bits per heavy atom. The van der Waals surface area contributed by atoms with Crippen LogP contribution >= 0.6 is 23.1 Å². The molecule has 7 heteroatoms. The maximum absolute atomic E-state index is 5.12. The van der Waals surface area contributed by atoms with E-state index in [9.17, 15) is 0 Å². The van der Waals surface area contributed by atoms with E-state index < -0.39 is 0 Å². The van der Waals surface area contributed by atoms with Gasteiger partial charge in [-0.15, -0.1) is 21.5 Å². The molecule has 1 aliphatic rings. The van der Waals surface area contributed by atoms with Crippen molar-refractivity contribution < 1.29 is 0 Å². The molecule has 0 spiro atoms. The van der Waals surface area contributed by atoms with Gasteiger partial charge in [-0.3, -0.25) is 4.40 Å². The average Bonchev–Trinajstić information content (AvgIpc) is 3.21. The van der Waals surface area contributed by atoms with Gasteiger partial charge in [-0.05, 0) is 55.4 Å². The Morgan fingerprint density at radius 1 is 1.19 bits per heavy atom. The third kappa shape index (κ3) is 2.36. The second-order valence-electron chi connectivity index (χ2n) is 7.41. The fourth-order valence-electron chi connectivity index (χ4n) is 4.07. The van der Waals surface area contributed by atoms with Gasteiger partial charge in [0.15, 0.2) is 10.8 Å². The summed E-state index contributed by atoms with van der Waals surface area (Å²) in [7, 11) is 0. The van der Waals surface area contributed by atoms with Crippen LogP contribution in [0.4, 0.5) is 0 Å². The van der Waals surface area contributed by atoms with Crippen LogP contribution in [-0.2, 0) is 19.3 Å². The lowest BCUT2D eigenvalue weighted by Gasteiger charge is -2.20. The molecule has 5 nitrogen and oxygen atoms in total. The van der Waals surface area contributed by atoms with E-state index in [2.05, 4.69) is 24.0 Å². The Balaban J connectivity index is 1.87. The molecule has 0 N–H and O–H groups in total. The van der Waals surface area contributed by atoms with Crippen LogP contribution in [0.2, 0.25) is 0 Å². The molecule has 0 radical (unpaired) electrons. The lowest BCUT2D eigenvalue weighted by Crippen LogP contribution is -2.11. The quantitative estimate of drug-likeness (QED) is 0.481. The summed E-state index contributed by atoms with van der Waals surface area (Å²) in [6.45, 7) is 4.55. The first kappa shape index (κ1) is 16.4. The van der Waals surface area contributed by atoms with Crippen molar-refractivity contribution in [2.45, 2.75) is 51.1 Å². The molecule has 0 saturated heterocycles. The summed E-state index contributed by atoms with van der Waals surface area (Å²) in [6.07, 6.45) is 9.76. The van der Waals surface area contributed by atoms with Crippen LogP contribution in [0.1, 0.15) is 43.5 Å². The minimum atomic E-state index is 0.616. The van der Waals surface area contributed by atoms with Gasteiger partial charge in [0.1, 0.15) is 15.9 Å². The molecule has 1 aliphatic carbocycles. The Labute approximate surface area is 160 Å². The lowest BCUT2D eigenvalue weighted by atomic mass is 9.87. The second kappa shape index (κ2) is 6.16. The smallest absolute Gasteiger partial charge is 0.196 e. The van der Waals surface area contributed by atoms with Gasteiger partial charge in [0.2, 0.25) is 0 Å². The SMILES string of the molecule is CSc1nnc2c3sc4nc(CC(C)C)c5c(c4c3ncn12)CCCC5. The van der Waals surface area contributed by atoms with Gasteiger partial charge in [0.25, 0.3) is 0 Å². The minimum Gasteiger partial charge on any atom is -0.259 e. The second-order valence-corrected chi connectivity index (χ2v) is 9.18. The van der Waals surface area contributed by atoms with Crippen LogP contribution in [0, 0.1) is 5.92 Å². The van der Waals surface area contributed by atoms with Crippen molar-refractivity contribution in [2.75, 3.05) is 6.26 Å². The molecule has 0 fully saturated rings. The van der Waals surface area contributed by atoms with Crippen LogP contribution in [0.5, 0.6) is 0 Å². The van der Waals surface area contributed by atoms with E-state index in [1.165, 1.54) is 35.0 Å². The summed E-state index contributed by atoms with van der Waals surface area (Å²) in [5, 5.41) is 10.9. The van der Waals surface area contributed by atoms with Crippen molar-refractivity contribution in [3.8, 4) is 0 Å². The van der Waals surface area contributed by atoms with Gasteiger partial charge >= 0.3 is 0 Å². The molecule has 134 valence electrons. The van der Waals surface area contributed by atoms with Crippen molar-refractivity contribution in [2.24, 2.45) is 5.92 Å². The zero-order valence-corrected chi connectivity index (χ0v) is 16.9. The fourth-order valence-corrected chi connectivity index (χ4v) is 5.68. The highest BCUT2D eigenvalue weighted by molar-refractivity contribution is 7.98. The molecule has 0 aromatic carbocycles. The summed E-state index contributed by atoms with van der Waals surface area (Å²) >= 11 is 3.31. The standard InChI is InChI=1S/C19H21N5S2/c1-10(2)8-13-11-6-4-5-7-12(11)14-15-16(26-18(14)21-13)17-22-23-19(25-3)24(17)9-20-15/h9-10H,4-8H2,1-3H3. The highest BCUT2D eigenvalue weighted by Gasteiger charge is 2.23. The number of aryl methyl sites for hydroxylation is 1. The summed E-state index contributed by atoms with van der Waals surface area (Å²) in [4.78, 5) is 11.0. The summed E-state index contributed by atoms with van der Waals surface area (Å²) < 4.78 is 3.10. The van der Waals surface area contributed by atoms with Gasteiger partial charge in [-0.25, -0.2) is 9.97 Å². The van der Waals surface area contributed by atoms with E-state index >= 15 is 0 Å². The number of rotatable bonds is 3. The van der Waals surface area contributed by atoms with Crippen molar-refractivity contribution >= 4 is 49.2 Å². The summed E-state index contributed by atoms with van der Waals surface area (Å²) in [5.74, 6) is 0.616. The van der Waals surface area contributed by atoms with Gasteiger partial charge in [0.05, 0.1) is 5.52 Å². The third-order valence-electron chi connectivity index (χ3n) is 5.17. The number of hydrogen-bond acceptors (Lipinski definition) is 6. The van der Waals surface area contributed by atoms with E-state index in [4.69, 9.17) is 9.97 Å². The van der Waals surface area contributed by atoms with Gasteiger partial charge in [0, 0.05) is 11.1 Å². The first-order valence-corrected chi connectivity index (χ1v) is 11.2. The van der Waals surface area contributed by atoms with E-state index in [1.807, 2.05) is 17.0 Å². The monoisotopic (exact) mass is 383 g/mol. The molecular formula is C19H21N5S2. The topological polar surface area (TPSA) is 56.0 Å². The maximum Gasteiger partial charge on any atom is 0.196 e. The Morgan fingerprint density at radius 3 is 2.77 bits per heavy atom. The predicted molar refractivity (Wildman–Crippen MR) is 108 cm³/mol. The Kier molecular flexibility index (Phi) is 3.90. The van der Waals surface area contributed by atoms with Crippen molar-refractivity contribution in [3.63, 3.8) is 0 Å². The Hall–Kier alpha value is -1.73. The number of fused-ring (bicyclic) bond motifs is 7. The fraction of sp³-hybridized carbons (Fsp3) is 0.474. The van der Waals surface area contributed by atoms with Crippen molar-refractivity contribution in [1.82, 2.24) is 24.6 Å². The molecule has 5 rings (SSSR count). The van der Waals surface area contributed by atoms with E-state index in [1.54, 1.807) is 23.1 Å². The highest BCUT2D eigenvalue weighted by atomic mass is 32.2. The average molecular weight is 384 g/mol. The predicted octanol–water partition coefficient (Wildman–Crippen LogP) is 4.69. The Bertz CT molecular complexity index is 1140. The van der Waals surface area contributed by atoms with E-state index in [0.29, 0.717) is 5.92 Å². The van der Waals surface area contributed by atoms with Crippen LogP contribution < -0.4 is 0 Å². The molecule has 4 heterocycles. The molecule has 4 aromatic heterocycles. The zero-order valence-electron chi connectivity index (χ0n) is 15.2. The number of pyridine rings is 1. The van der Waals surface area contributed by atoms with Crippen LogP contribution in [0.15, 0.2) is 11.5 Å². The van der Waals surface area contributed by atoms with Crippen LogP contribution in [0.3, 0.4) is 0 Å². The number of thioether (sulfide) groups is 1. The maximum atomic E-state index is 5.12. The first-order chi connectivity index (χ1) is 12.7. The van der Waals surface area contributed by atoms with Crippen LogP contribution in [-0.4, -0.2) is 30.8 Å². The lowest BCUT2D eigenvalue weighted by molar-refractivity contribution is 0.615. The molecule has 0 saturated carbocycles. The largest absolute Gasteiger partial charge is 0.259 e. The molecule has 26 heavy (non-hydrogen) atoms. The zero-order chi connectivity index (χ0) is 17.8. The summed E-state index contributed by atoms with van der Waals surface area (Å²) in [5.41, 5.74) is 6.24. The molecule has 0 unspecified atom stereocenters. The van der Waals surface area contributed by atoms with Crippen molar-refractivity contribution in [3.05, 3.63) is 23.1 Å². The molecule has 0 aliphatic heterocycles. The van der Waals surface area contributed by atoms with Gasteiger partial charge in [-0.1, -0.05) is 25.6 Å². The number of aromatic nitrogens is 5. The molecule has 0 atom stereocenters. The van der Waals surface area contributed by atoms with Gasteiger partial charge < -0.3 is 0 Å². The number of hydrogen-bond donors (Lipinski definition) is 0. The normalized spacial score (nSPS) is 14.8. The van der Waals surface area contributed by atoms with Crippen LogP contribution in [0.25, 0.3) is 26.1 Å². The molecule has 0 bridgehead atoms. The number of thiophene rings is 1. The molecule has 4 aromatic rings. The first-order valence-electron chi connectivity index (χ1n) is 9.18. The number of nitrogens with zero attached hydrogens (tertiary/aromatic N) is 5. The van der Waals surface area contributed by atoms with E-state index in [0.717, 1.165) is 45.1 Å². The minimum absolute atomic E-state index is 0.616. The third-order valence-corrected chi connectivity index (χ3v) is 6.89. The van der Waals surface area contributed by atoms with E-state index in [-0.39, 0.29) is 0 Å². The molecular weight excluding hydrogens is 362 g/mol. The highest BCUT2D eigenvalue weighted by Crippen LogP contribution is 2.40. The van der Waals surface area contributed by atoms with Gasteiger partial charge in [-0.2, -0.15) is 0 Å². The molecule has 0 amide bonds. The van der Waals surface area contributed by atoms with Crippen molar-refractivity contribution in [1.29, 1.82) is 0 Å². The summed E-state index contributed by atoms with van der Waals surface area (Å²) in [6, 6.07) is 0.